The minimum absolute atomic E-state index is 0.0661. The Morgan fingerprint density at radius 1 is 0.385 bits per heavy atom. The first-order chi connectivity index (χ1) is 25.5. The van der Waals surface area contributed by atoms with Crippen molar-refractivity contribution in [2.24, 2.45) is 0 Å². The number of rotatable bonds is 3. The van der Waals surface area contributed by atoms with E-state index in [1.54, 1.807) is 10.4 Å². The minimum Gasteiger partial charge on any atom is -0.0623 e. The molecular formula is C51H40Si. The van der Waals surface area contributed by atoms with Crippen LogP contribution in [0.25, 0.3) is 77.2 Å². The van der Waals surface area contributed by atoms with Crippen molar-refractivity contribution in [2.75, 3.05) is 0 Å². The molecule has 248 valence electrons. The third-order valence-electron chi connectivity index (χ3n) is 13.0. The molecule has 0 bridgehead atoms. The highest BCUT2D eigenvalue weighted by atomic mass is 28.3. The lowest BCUT2D eigenvalue weighted by molar-refractivity contribution is 0.660. The summed E-state index contributed by atoms with van der Waals surface area (Å²) in [5, 5.41) is 8.61. The van der Waals surface area contributed by atoms with Gasteiger partial charge in [0.15, 0.2) is 0 Å². The summed E-state index contributed by atoms with van der Waals surface area (Å²) in [5.74, 6) is 0. The molecule has 0 unspecified atom stereocenters. The normalized spacial score (nSPS) is 15.9. The molecule has 1 heteroatoms. The maximum absolute atomic E-state index is 2.56. The van der Waals surface area contributed by atoms with Crippen molar-refractivity contribution < 1.29 is 0 Å². The molecule has 11 rings (SSSR count). The SMILES string of the molecule is CC1(C)c2ccccc2-c2ccc(-c3c4ccccc4c(-c4ccc5c(c4)-c4ccccc4[Si]54CCCC4)c4ccc(-c5ccccc5)cc34)cc21. The number of benzene rings is 8. The second-order valence-electron chi connectivity index (χ2n) is 15.9. The third-order valence-corrected chi connectivity index (χ3v) is 18.4. The zero-order valence-corrected chi connectivity index (χ0v) is 30.8. The van der Waals surface area contributed by atoms with Gasteiger partial charge in [0.1, 0.15) is 8.07 Å². The van der Waals surface area contributed by atoms with E-state index < -0.39 is 8.07 Å². The highest BCUT2D eigenvalue weighted by Gasteiger charge is 2.47. The summed E-state index contributed by atoms with van der Waals surface area (Å²) < 4.78 is 0. The van der Waals surface area contributed by atoms with Crippen molar-refractivity contribution in [3.8, 4) is 55.6 Å². The van der Waals surface area contributed by atoms with Crippen LogP contribution in [-0.4, -0.2) is 8.07 Å². The van der Waals surface area contributed by atoms with Gasteiger partial charge in [0.05, 0.1) is 0 Å². The van der Waals surface area contributed by atoms with Gasteiger partial charge in [-0.2, -0.15) is 0 Å². The Balaban J connectivity index is 1.20. The summed E-state index contributed by atoms with van der Waals surface area (Å²) in [6, 6.07) is 63.3. The number of fused-ring (bicyclic) bond motifs is 10. The molecule has 0 aromatic heterocycles. The fourth-order valence-corrected chi connectivity index (χ4v) is 16.2. The van der Waals surface area contributed by atoms with Gasteiger partial charge in [-0.1, -0.05) is 166 Å². The van der Waals surface area contributed by atoms with Crippen molar-refractivity contribution in [2.45, 2.75) is 44.2 Å². The van der Waals surface area contributed by atoms with Gasteiger partial charge < -0.3 is 0 Å². The fraction of sp³-hybridized carbons (Fsp3) is 0.137. The number of hydrogen-bond donors (Lipinski definition) is 0. The van der Waals surface area contributed by atoms with Crippen LogP contribution in [0.3, 0.4) is 0 Å². The molecule has 0 saturated carbocycles. The van der Waals surface area contributed by atoms with Gasteiger partial charge in [-0.25, -0.2) is 0 Å². The molecule has 52 heavy (non-hydrogen) atoms. The Kier molecular flexibility index (Phi) is 6.38. The first-order valence-corrected chi connectivity index (χ1v) is 21.5. The van der Waals surface area contributed by atoms with Crippen molar-refractivity contribution in [1.29, 1.82) is 0 Å². The zero-order valence-electron chi connectivity index (χ0n) is 29.8. The van der Waals surface area contributed by atoms with Crippen molar-refractivity contribution in [3.05, 3.63) is 169 Å². The van der Waals surface area contributed by atoms with Crippen LogP contribution in [-0.2, 0) is 5.41 Å². The summed E-state index contributed by atoms with van der Waals surface area (Å²) in [6.45, 7) is 4.78. The second kappa shape index (κ2) is 11.0. The first-order valence-electron chi connectivity index (χ1n) is 19.1. The first kappa shape index (κ1) is 30.2. The molecule has 2 aliphatic heterocycles. The Bertz CT molecular complexity index is 2760. The van der Waals surface area contributed by atoms with E-state index in [1.165, 1.54) is 113 Å². The van der Waals surface area contributed by atoms with E-state index in [9.17, 15) is 0 Å². The highest BCUT2D eigenvalue weighted by molar-refractivity contribution is 7.06. The molecule has 0 amide bonds. The molecule has 1 saturated heterocycles. The van der Waals surface area contributed by atoms with Crippen molar-refractivity contribution >= 4 is 40.0 Å². The van der Waals surface area contributed by atoms with Gasteiger partial charge in [-0.05, 0) is 129 Å². The molecule has 0 nitrogen and oxygen atoms in total. The molecule has 3 aliphatic rings. The lowest BCUT2D eigenvalue weighted by atomic mass is 9.80. The van der Waals surface area contributed by atoms with Gasteiger partial charge in [-0.3, -0.25) is 0 Å². The maximum Gasteiger partial charge on any atom is 0.119 e. The van der Waals surface area contributed by atoms with E-state index in [0.717, 1.165) is 0 Å². The summed E-state index contributed by atoms with van der Waals surface area (Å²) in [6.07, 6.45) is 2.74. The van der Waals surface area contributed by atoms with Gasteiger partial charge in [0, 0.05) is 5.41 Å². The maximum atomic E-state index is 2.56. The summed E-state index contributed by atoms with van der Waals surface area (Å²) in [5.41, 5.74) is 16.2. The van der Waals surface area contributed by atoms with E-state index in [2.05, 4.69) is 172 Å². The van der Waals surface area contributed by atoms with Crippen molar-refractivity contribution in [3.63, 3.8) is 0 Å². The lowest BCUT2D eigenvalue weighted by Crippen LogP contribution is -2.52. The summed E-state index contributed by atoms with van der Waals surface area (Å²) in [7, 11) is -1.68. The average Bonchev–Trinajstić information content (AvgIpc) is 3.86. The lowest BCUT2D eigenvalue weighted by Gasteiger charge is -2.24. The third kappa shape index (κ3) is 4.09. The van der Waals surface area contributed by atoms with Crippen LogP contribution in [0.1, 0.15) is 37.8 Å². The Morgan fingerprint density at radius 2 is 0.962 bits per heavy atom. The van der Waals surface area contributed by atoms with Crippen LogP contribution in [0.2, 0.25) is 12.1 Å². The molecule has 0 radical (unpaired) electrons. The van der Waals surface area contributed by atoms with E-state index in [4.69, 9.17) is 0 Å². The second-order valence-corrected chi connectivity index (χ2v) is 20.2. The topological polar surface area (TPSA) is 0 Å². The van der Waals surface area contributed by atoms with Crippen molar-refractivity contribution in [1.82, 2.24) is 0 Å². The van der Waals surface area contributed by atoms with Crippen LogP contribution in [0.15, 0.2) is 158 Å². The van der Waals surface area contributed by atoms with Gasteiger partial charge >= 0.3 is 0 Å². The monoisotopic (exact) mass is 680 g/mol. The fourth-order valence-electron chi connectivity index (χ4n) is 10.6. The molecule has 8 aromatic rings. The van der Waals surface area contributed by atoms with E-state index in [0.29, 0.717) is 0 Å². The summed E-state index contributed by atoms with van der Waals surface area (Å²) in [4.78, 5) is 0. The predicted octanol–water partition coefficient (Wildman–Crippen LogP) is 12.6. The van der Waals surface area contributed by atoms with Crippen LogP contribution >= 0.6 is 0 Å². The molecule has 0 N–H and O–H groups in total. The van der Waals surface area contributed by atoms with E-state index >= 15 is 0 Å². The summed E-state index contributed by atoms with van der Waals surface area (Å²) >= 11 is 0. The Labute approximate surface area is 307 Å². The molecule has 8 aromatic carbocycles. The largest absolute Gasteiger partial charge is 0.119 e. The molecule has 1 spiro atoms. The molecular weight excluding hydrogens is 641 g/mol. The zero-order chi connectivity index (χ0) is 34.6. The van der Waals surface area contributed by atoms with Crippen LogP contribution in [0, 0.1) is 0 Å². The van der Waals surface area contributed by atoms with Gasteiger partial charge in [-0.15, -0.1) is 0 Å². The minimum atomic E-state index is -1.68. The molecule has 0 atom stereocenters. The van der Waals surface area contributed by atoms with E-state index in [-0.39, 0.29) is 5.41 Å². The van der Waals surface area contributed by atoms with Crippen LogP contribution < -0.4 is 10.4 Å². The average molecular weight is 681 g/mol. The van der Waals surface area contributed by atoms with Gasteiger partial charge in [0.2, 0.25) is 0 Å². The standard InChI is InChI=1S/C51H40Si/c1-51(2)45-20-10-8-16-37(45)38-25-23-36(32-46(38)51)50-41-19-7-6-18-40(41)49(42-26-22-34(30-44(42)50)33-14-4-3-5-15-33)35-24-27-48-43(31-35)39-17-9-11-21-47(39)52(48)28-12-13-29-52/h3-11,14-27,30-32H,12-13,28-29H2,1-2H3. The Morgan fingerprint density at radius 3 is 1.77 bits per heavy atom. The van der Waals surface area contributed by atoms with Crippen LogP contribution in [0.5, 0.6) is 0 Å². The molecule has 1 aliphatic carbocycles. The quantitative estimate of drug-likeness (QED) is 0.129. The molecule has 2 heterocycles. The Hall–Kier alpha value is -5.50. The number of hydrogen-bond acceptors (Lipinski definition) is 0. The smallest absolute Gasteiger partial charge is 0.0623 e. The highest BCUT2D eigenvalue weighted by Crippen LogP contribution is 2.52. The predicted molar refractivity (Wildman–Crippen MR) is 225 cm³/mol. The van der Waals surface area contributed by atoms with E-state index in [1.807, 2.05) is 0 Å². The van der Waals surface area contributed by atoms with Crippen LogP contribution in [0.4, 0.5) is 0 Å². The van der Waals surface area contributed by atoms with Gasteiger partial charge in [0.25, 0.3) is 0 Å². The molecule has 1 fully saturated rings.